The Hall–Kier alpha value is -1.35. The van der Waals surface area contributed by atoms with E-state index in [2.05, 4.69) is 10.0 Å². The second kappa shape index (κ2) is 9.83. The van der Waals surface area contributed by atoms with Crippen molar-refractivity contribution in [1.29, 1.82) is 0 Å². The Kier molecular flexibility index (Phi) is 8.47. The standard InChI is InChI=1S/C15H23ClN2O5S/c1-4-11(2)18-15(19)10-23-14-6-5-12(9-13(14)16)24(20,21)17-7-8-22-3/h5-6,9,11,17H,4,7-8,10H2,1-3H3,(H,18,19)/t11-/m0/s1. The number of rotatable bonds is 10. The minimum Gasteiger partial charge on any atom is -0.482 e. The Bertz CT molecular complexity index is 651. The van der Waals surface area contributed by atoms with E-state index in [4.69, 9.17) is 21.1 Å². The second-order valence-electron chi connectivity index (χ2n) is 5.15. The number of nitrogens with one attached hydrogen (secondary N) is 2. The number of halogens is 1. The maximum absolute atomic E-state index is 12.1. The topological polar surface area (TPSA) is 93.7 Å². The van der Waals surface area contributed by atoms with E-state index >= 15 is 0 Å². The van der Waals surface area contributed by atoms with Crippen molar-refractivity contribution in [3.05, 3.63) is 23.2 Å². The normalized spacial score (nSPS) is 12.7. The molecule has 0 heterocycles. The molecule has 1 amide bonds. The fraction of sp³-hybridized carbons (Fsp3) is 0.533. The summed E-state index contributed by atoms with van der Waals surface area (Å²) in [6.07, 6.45) is 0.815. The summed E-state index contributed by atoms with van der Waals surface area (Å²) in [5.41, 5.74) is 0. The van der Waals surface area contributed by atoms with Crippen LogP contribution in [0.1, 0.15) is 20.3 Å². The van der Waals surface area contributed by atoms with Crippen LogP contribution in [-0.2, 0) is 19.6 Å². The molecule has 2 N–H and O–H groups in total. The SMILES string of the molecule is CC[C@H](C)NC(=O)COc1ccc(S(=O)(=O)NCCOC)cc1Cl. The van der Waals surface area contributed by atoms with E-state index in [1.165, 1.54) is 25.3 Å². The Morgan fingerprint density at radius 2 is 2.08 bits per heavy atom. The maximum atomic E-state index is 12.1. The molecule has 0 saturated carbocycles. The highest BCUT2D eigenvalue weighted by Gasteiger charge is 2.16. The third kappa shape index (κ3) is 6.64. The van der Waals surface area contributed by atoms with Crippen LogP contribution < -0.4 is 14.8 Å². The fourth-order valence-electron chi connectivity index (χ4n) is 1.69. The number of ether oxygens (including phenoxy) is 2. The van der Waals surface area contributed by atoms with Gasteiger partial charge in [-0.2, -0.15) is 0 Å². The fourth-order valence-corrected chi connectivity index (χ4v) is 3.03. The van der Waals surface area contributed by atoms with Crippen LogP contribution in [0.4, 0.5) is 0 Å². The summed E-state index contributed by atoms with van der Waals surface area (Å²) in [5.74, 6) is -0.0230. The first kappa shape index (κ1) is 20.7. The number of benzene rings is 1. The molecule has 1 aromatic carbocycles. The van der Waals surface area contributed by atoms with Crippen LogP contribution in [-0.4, -0.2) is 47.2 Å². The highest BCUT2D eigenvalue weighted by Crippen LogP contribution is 2.27. The molecule has 0 spiro atoms. The van der Waals surface area contributed by atoms with Gasteiger partial charge >= 0.3 is 0 Å². The molecule has 24 heavy (non-hydrogen) atoms. The number of carbonyl (C=O) groups excluding carboxylic acids is 1. The number of methoxy groups -OCH3 is 1. The zero-order valence-corrected chi connectivity index (χ0v) is 15.5. The summed E-state index contributed by atoms with van der Waals surface area (Å²) in [6, 6.07) is 4.12. The third-order valence-corrected chi connectivity index (χ3v) is 4.94. The molecule has 136 valence electrons. The average Bonchev–Trinajstić information content (AvgIpc) is 2.53. The summed E-state index contributed by atoms with van der Waals surface area (Å²) >= 11 is 6.04. The average molecular weight is 379 g/mol. The van der Waals surface area contributed by atoms with Crippen molar-refractivity contribution < 1.29 is 22.7 Å². The molecule has 1 rings (SSSR count). The molecular weight excluding hydrogens is 356 g/mol. The Labute approximate surface area is 147 Å². The van der Waals surface area contributed by atoms with Crippen molar-refractivity contribution in [3.8, 4) is 5.75 Å². The smallest absolute Gasteiger partial charge is 0.258 e. The van der Waals surface area contributed by atoms with Gasteiger partial charge in [-0.25, -0.2) is 13.1 Å². The van der Waals surface area contributed by atoms with Gasteiger partial charge in [-0.15, -0.1) is 0 Å². The van der Waals surface area contributed by atoms with Gasteiger partial charge in [0.05, 0.1) is 16.5 Å². The molecule has 0 aromatic heterocycles. The molecule has 0 aliphatic carbocycles. The molecular formula is C15H23ClN2O5S. The lowest BCUT2D eigenvalue weighted by atomic mass is 10.2. The highest BCUT2D eigenvalue weighted by atomic mass is 35.5. The molecule has 0 saturated heterocycles. The van der Waals surface area contributed by atoms with E-state index in [0.29, 0.717) is 0 Å². The zero-order valence-electron chi connectivity index (χ0n) is 14.0. The van der Waals surface area contributed by atoms with Crippen LogP contribution in [0.15, 0.2) is 23.1 Å². The summed E-state index contributed by atoms with van der Waals surface area (Å²) < 4.78 is 36.6. The molecule has 1 atom stereocenters. The number of carbonyl (C=O) groups is 1. The molecule has 0 aliphatic rings. The van der Waals surface area contributed by atoms with Crippen LogP contribution >= 0.6 is 11.6 Å². The van der Waals surface area contributed by atoms with Gasteiger partial charge in [0, 0.05) is 19.7 Å². The largest absolute Gasteiger partial charge is 0.482 e. The minimum atomic E-state index is -3.67. The quantitative estimate of drug-likeness (QED) is 0.602. The molecule has 0 fully saturated rings. The van der Waals surface area contributed by atoms with E-state index in [0.717, 1.165) is 6.42 Å². The van der Waals surface area contributed by atoms with Crippen LogP contribution in [0.3, 0.4) is 0 Å². The van der Waals surface area contributed by atoms with Gasteiger partial charge in [-0.3, -0.25) is 4.79 Å². The maximum Gasteiger partial charge on any atom is 0.258 e. The van der Waals surface area contributed by atoms with E-state index in [1.54, 1.807) is 0 Å². The molecule has 1 aromatic rings. The van der Waals surface area contributed by atoms with Crippen molar-refractivity contribution in [2.24, 2.45) is 0 Å². The zero-order chi connectivity index (χ0) is 18.2. The molecule has 0 radical (unpaired) electrons. The Morgan fingerprint density at radius 1 is 1.38 bits per heavy atom. The minimum absolute atomic E-state index is 0.0139. The van der Waals surface area contributed by atoms with Crippen LogP contribution in [0.5, 0.6) is 5.75 Å². The van der Waals surface area contributed by atoms with Crippen molar-refractivity contribution in [2.45, 2.75) is 31.2 Å². The molecule has 7 nitrogen and oxygen atoms in total. The van der Waals surface area contributed by atoms with Gasteiger partial charge in [0.25, 0.3) is 5.91 Å². The highest BCUT2D eigenvalue weighted by molar-refractivity contribution is 7.89. The Morgan fingerprint density at radius 3 is 2.67 bits per heavy atom. The van der Waals surface area contributed by atoms with E-state index in [1.807, 2.05) is 13.8 Å². The summed E-state index contributed by atoms with van der Waals surface area (Å²) in [5, 5.41) is 2.87. The van der Waals surface area contributed by atoms with Crippen LogP contribution in [0.25, 0.3) is 0 Å². The van der Waals surface area contributed by atoms with Crippen molar-refractivity contribution in [2.75, 3.05) is 26.9 Å². The first-order valence-corrected chi connectivity index (χ1v) is 9.36. The van der Waals surface area contributed by atoms with Gasteiger partial charge < -0.3 is 14.8 Å². The molecule has 0 aliphatic heterocycles. The van der Waals surface area contributed by atoms with Crippen LogP contribution in [0.2, 0.25) is 5.02 Å². The molecule has 0 unspecified atom stereocenters. The number of hydrogen-bond acceptors (Lipinski definition) is 5. The lowest BCUT2D eigenvalue weighted by Gasteiger charge is -2.13. The summed E-state index contributed by atoms with van der Waals surface area (Å²) in [4.78, 5) is 11.7. The molecule has 0 bridgehead atoms. The van der Waals surface area contributed by atoms with Gasteiger partial charge in [-0.1, -0.05) is 18.5 Å². The third-order valence-electron chi connectivity index (χ3n) is 3.19. The number of sulfonamides is 1. The van der Waals surface area contributed by atoms with Crippen molar-refractivity contribution in [3.63, 3.8) is 0 Å². The first-order valence-electron chi connectivity index (χ1n) is 7.50. The van der Waals surface area contributed by atoms with E-state index in [9.17, 15) is 13.2 Å². The lowest BCUT2D eigenvalue weighted by molar-refractivity contribution is -0.123. The lowest BCUT2D eigenvalue weighted by Crippen LogP contribution is -2.35. The second-order valence-corrected chi connectivity index (χ2v) is 7.32. The van der Waals surface area contributed by atoms with Gasteiger partial charge in [0.15, 0.2) is 6.61 Å². The van der Waals surface area contributed by atoms with E-state index < -0.39 is 10.0 Å². The number of amides is 1. The van der Waals surface area contributed by atoms with Crippen LogP contribution in [0, 0.1) is 0 Å². The Balaban J connectivity index is 2.69. The van der Waals surface area contributed by atoms with Gasteiger partial charge in [0.1, 0.15) is 5.75 Å². The number of hydrogen-bond donors (Lipinski definition) is 2. The van der Waals surface area contributed by atoms with Crippen molar-refractivity contribution >= 4 is 27.5 Å². The van der Waals surface area contributed by atoms with Gasteiger partial charge in [0.2, 0.25) is 10.0 Å². The summed E-state index contributed by atoms with van der Waals surface area (Å²) in [7, 11) is -2.19. The van der Waals surface area contributed by atoms with E-state index in [-0.39, 0.29) is 47.4 Å². The monoisotopic (exact) mass is 378 g/mol. The predicted octanol–water partition coefficient (Wildman–Crippen LogP) is 1.56. The summed E-state index contributed by atoms with van der Waals surface area (Å²) in [6.45, 7) is 4.08. The van der Waals surface area contributed by atoms with Gasteiger partial charge in [-0.05, 0) is 31.5 Å². The first-order chi connectivity index (χ1) is 11.3. The van der Waals surface area contributed by atoms with Crippen molar-refractivity contribution in [1.82, 2.24) is 10.0 Å². The predicted molar refractivity (Wildman–Crippen MR) is 91.9 cm³/mol. The molecule has 9 heteroatoms.